The van der Waals surface area contributed by atoms with Gasteiger partial charge in [0.25, 0.3) is 0 Å². The molecule has 0 saturated heterocycles. The molecule has 4 heteroatoms. The lowest BCUT2D eigenvalue weighted by atomic mass is 9.97. The highest BCUT2D eigenvalue weighted by atomic mass is 15.0. The smallest absolute Gasteiger partial charge is 0.160 e. The second kappa shape index (κ2) is 13.7. The standard InChI is InChI=1S/C51H38N4/c1-32-21-33(2)24-40(23-32)38-15-19-49-45(28-38)46-29-39(41-25-34(3)22-35(4)26-41)16-20-50(46)55(49)43-17-18-44(42(27-43)31-52)48-30-47(36-11-7-5-8-12-36)53-51(54-48)37-13-9-6-10-14-37/h5-30H,1-4H3. The van der Waals surface area contributed by atoms with Crippen LogP contribution in [0, 0.1) is 39.0 Å². The SMILES string of the molecule is Cc1cc(C)cc(-c2ccc3c(c2)c2cc(-c4cc(C)cc(C)c4)ccc2n3-c2ccc(-c3cc(-c4ccccc4)nc(-c4ccccc4)n3)c(C#N)c2)c1. The highest BCUT2D eigenvalue weighted by Crippen LogP contribution is 2.39. The van der Waals surface area contributed by atoms with Gasteiger partial charge in [0.1, 0.15) is 0 Å². The van der Waals surface area contributed by atoms with Gasteiger partial charge in [0, 0.05) is 33.2 Å². The zero-order chi connectivity index (χ0) is 37.6. The van der Waals surface area contributed by atoms with Crippen LogP contribution in [-0.4, -0.2) is 14.5 Å². The van der Waals surface area contributed by atoms with Crippen molar-refractivity contribution in [1.29, 1.82) is 5.26 Å². The van der Waals surface area contributed by atoms with E-state index in [0.717, 1.165) is 49.9 Å². The number of aryl methyl sites for hydroxylation is 4. The average molecular weight is 707 g/mol. The summed E-state index contributed by atoms with van der Waals surface area (Å²) in [4.78, 5) is 9.99. The summed E-state index contributed by atoms with van der Waals surface area (Å²) >= 11 is 0. The molecule has 2 heterocycles. The van der Waals surface area contributed by atoms with Crippen LogP contribution in [0.2, 0.25) is 0 Å². The number of hydrogen-bond acceptors (Lipinski definition) is 3. The van der Waals surface area contributed by atoms with E-state index in [4.69, 9.17) is 9.97 Å². The van der Waals surface area contributed by atoms with Crippen LogP contribution in [0.5, 0.6) is 0 Å². The Hall–Kier alpha value is -7.09. The Morgan fingerprint density at radius 1 is 0.436 bits per heavy atom. The lowest BCUT2D eigenvalue weighted by molar-refractivity contribution is 1.16. The minimum Gasteiger partial charge on any atom is -0.309 e. The molecule has 0 saturated carbocycles. The Kier molecular flexibility index (Phi) is 8.41. The molecule has 0 aliphatic heterocycles. The number of hydrogen-bond donors (Lipinski definition) is 0. The van der Waals surface area contributed by atoms with Crippen molar-refractivity contribution < 1.29 is 0 Å². The highest BCUT2D eigenvalue weighted by Gasteiger charge is 2.18. The predicted octanol–water partition coefficient (Wildman–Crippen LogP) is 13.0. The molecule has 0 fully saturated rings. The molecule has 0 aliphatic rings. The third kappa shape index (κ3) is 6.37. The largest absolute Gasteiger partial charge is 0.309 e. The molecule has 0 spiro atoms. The molecule has 2 aromatic heterocycles. The van der Waals surface area contributed by atoms with E-state index in [0.29, 0.717) is 17.1 Å². The van der Waals surface area contributed by atoms with Crippen LogP contribution in [-0.2, 0) is 0 Å². The van der Waals surface area contributed by atoms with Gasteiger partial charge in [0.15, 0.2) is 5.82 Å². The molecule has 262 valence electrons. The van der Waals surface area contributed by atoms with Crippen LogP contribution in [0.3, 0.4) is 0 Å². The Morgan fingerprint density at radius 2 is 0.945 bits per heavy atom. The summed E-state index contributed by atoms with van der Waals surface area (Å²) in [6, 6.07) is 57.7. The lowest BCUT2D eigenvalue weighted by Crippen LogP contribution is -1.99. The molecule has 0 aliphatic carbocycles. The number of rotatable bonds is 6. The van der Waals surface area contributed by atoms with Crippen LogP contribution < -0.4 is 0 Å². The van der Waals surface area contributed by atoms with E-state index in [-0.39, 0.29) is 0 Å². The zero-order valence-electron chi connectivity index (χ0n) is 31.3. The number of benzene rings is 7. The number of nitriles is 1. The molecule has 0 radical (unpaired) electrons. The van der Waals surface area contributed by atoms with E-state index in [9.17, 15) is 5.26 Å². The quantitative estimate of drug-likeness (QED) is 0.173. The fourth-order valence-corrected chi connectivity index (χ4v) is 7.99. The summed E-state index contributed by atoms with van der Waals surface area (Å²) in [6.07, 6.45) is 0. The van der Waals surface area contributed by atoms with Gasteiger partial charge in [-0.1, -0.05) is 131 Å². The van der Waals surface area contributed by atoms with Crippen LogP contribution in [0.1, 0.15) is 27.8 Å². The summed E-state index contributed by atoms with van der Waals surface area (Å²) < 4.78 is 2.29. The maximum atomic E-state index is 10.7. The third-order valence-electron chi connectivity index (χ3n) is 10.4. The molecule has 0 N–H and O–H groups in total. The summed E-state index contributed by atoms with van der Waals surface area (Å²) in [6.45, 7) is 8.61. The average Bonchev–Trinajstić information content (AvgIpc) is 3.53. The molecule has 7 aromatic carbocycles. The molecule has 4 nitrogen and oxygen atoms in total. The van der Waals surface area contributed by atoms with Crippen molar-refractivity contribution in [3.63, 3.8) is 0 Å². The summed E-state index contributed by atoms with van der Waals surface area (Å²) in [5.41, 5.74) is 17.5. The van der Waals surface area contributed by atoms with Crippen LogP contribution >= 0.6 is 0 Å². The van der Waals surface area contributed by atoms with E-state index in [2.05, 4.69) is 129 Å². The fourth-order valence-electron chi connectivity index (χ4n) is 7.99. The second-order valence-electron chi connectivity index (χ2n) is 14.6. The van der Waals surface area contributed by atoms with Crippen molar-refractivity contribution >= 4 is 21.8 Å². The summed E-state index contributed by atoms with van der Waals surface area (Å²) in [5, 5.41) is 13.0. The first-order valence-electron chi connectivity index (χ1n) is 18.6. The molecule has 0 atom stereocenters. The van der Waals surface area contributed by atoms with E-state index in [1.165, 1.54) is 44.5 Å². The normalized spacial score (nSPS) is 11.3. The minimum absolute atomic E-state index is 0.544. The molecule has 0 unspecified atom stereocenters. The summed E-state index contributed by atoms with van der Waals surface area (Å²) in [5.74, 6) is 0.617. The third-order valence-corrected chi connectivity index (χ3v) is 10.4. The van der Waals surface area contributed by atoms with Gasteiger partial charge in [-0.25, -0.2) is 9.97 Å². The fraction of sp³-hybridized carbons (Fsp3) is 0.0784. The Labute approximate surface area is 321 Å². The molecular weight excluding hydrogens is 669 g/mol. The number of fused-ring (bicyclic) bond motifs is 3. The second-order valence-corrected chi connectivity index (χ2v) is 14.6. The van der Waals surface area contributed by atoms with Crippen LogP contribution in [0.25, 0.3) is 83.6 Å². The van der Waals surface area contributed by atoms with Gasteiger partial charge < -0.3 is 4.57 Å². The van der Waals surface area contributed by atoms with E-state index in [1.807, 2.05) is 66.7 Å². The maximum Gasteiger partial charge on any atom is 0.160 e. The molecule has 9 rings (SSSR count). The van der Waals surface area contributed by atoms with Gasteiger partial charge >= 0.3 is 0 Å². The highest BCUT2D eigenvalue weighted by molar-refractivity contribution is 6.11. The van der Waals surface area contributed by atoms with Crippen molar-refractivity contribution in [2.45, 2.75) is 27.7 Å². The van der Waals surface area contributed by atoms with Crippen molar-refractivity contribution in [3.8, 4) is 67.9 Å². The first kappa shape index (κ1) is 33.7. The maximum absolute atomic E-state index is 10.7. The Bertz CT molecular complexity index is 2760. The van der Waals surface area contributed by atoms with Gasteiger partial charge in [0.05, 0.1) is 34.1 Å². The lowest BCUT2D eigenvalue weighted by Gasteiger charge is -2.13. The molecular formula is C51H38N4. The Balaban J connectivity index is 1.24. The topological polar surface area (TPSA) is 54.5 Å². The molecule has 0 amide bonds. The van der Waals surface area contributed by atoms with Gasteiger partial charge in [-0.3, -0.25) is 0 Å². The van der Waals surface area contributed by atoms with Gasteiger partial charge in [-0.05, 0) is 98.5 Å². The summed E-state index contributed by atoms with van der Waals surface area (Å²) in [7, 11) is 0. The van der Waals surface area contributed by atoms with E-state index >= 15 is 0 Å². The first-order valence-corrected chi connectivity index (χ1v) is 18.6. The Morgan fingerprint density at radius 3 is 1.47 bits per heavy atom. The van der Waals surface area contributed by atoms with E-state index < -0.39 is 0 Å². The van der Waals surface area contributed by atoms with Crippen molar-refractivity contribution in [2.75, 3.05) is 0 Å². The molecule has 0 bridgehead atoms. The minimum atomic E-state index is 0.544. The first-order chi connectivity index (χ1) is 26.8. The molecule has 55 heavy (non-hydrogen) atoms. The van der Waals surface area contributed by atoms with E-state index in [1.54, 1.807) is 0 Å². The van der Waals surface area contributed by atoms with Crippen molar-refractivity contribution in [1.82, 2.24) is 14.5 Å². The number of nitrogens with zero attached hydrogens (tertiary/aromatic N) is 4. The van der Waals surface area contributed by atoms with Gasteiger partial charge in [-0.2, -0.15) is 5.26 Å². The van der Waals surface area contributed by atoms with Gasteiger partial charge in [-0.15, -0.1) is 0 Å². The monoisotopic (exact) mass is 706 g/mol. The van der Waals surface area contributed by atoms with Crippen LogP contribution in [0.4, 0.5) is 0 Å². The predicted molar refractivity (Wildman–Crippen MR) is 227 cm³/mol. The van der Waals surface area contributed by atoms with Crippen molar-refractivity contribution in [2.24, 2.45) is 0 Å². The van der Waals surface area contributed by atoms with Gasteiger partial charge in [0.2, 0.25) is 0 Å². The van der Waals surface area contributed by atoms with Crippen LogP contribution in [0.15, 0.2) is 158 Å². The zero-order valence-corrected chi connectivity index (χ0v) is 31.3. The van der Waals surface area contributed by atoms with Crippen molar-refractivity contribution in [3.05, 3.63) is 186 Å². The number of aromatic nitrogens is 3. The molecule has 9 aromatic rings.